The van der Waals surface area contributed by atoms with Gasteiger partial charge >= 0.3 is 0 Å². The van der Waals surface area contributed by atoms with Gasteiger partial charge in [0.2, 0.25) is 5.91 Å². The Labute approximate surface area is 175 Å². The van der Waals surface area contributed by atoms with E-state index in [0.717, 1.165) is 44.9 Å². The topological polar surface area (TPSA) is 89.8 Å². The summed E-state index contributed by atoms with van der Waals surface area (Å²) in [4.78, 5) is 11.7. The first-order valence-electron chi connectivity index (χ1n) is 11.7. The van der Waals surface area contributed by atoms with Gasteiger partial charge in [-0.3, -0.25) is 4.79 Å². The molecule has 5 atom stereocenters. The molecule has 5 nitrogen and oxygen atoms in total. The number of unbranched alkanes of at least 4 members (excludes halogenated alkanes) is 1. The van der Waals surface area contributed by atoms with Crippen molar-refractivity contribution in [2.75, 3.05) is 13.2 Å². The van der Waals surface area contributed by atoms with Crippen molar-refractivity contribution >= 4 is 5.91 Å². The predicted octanol–water partition coefficient (Wildman–Crippen LogP) is 3.10. The van der Waals surface area contributed by atoms with E-state index in [1.54, 1.807) is 0 Å². The van der Waals surface area contributed by atoms with Gasteiger partial charge in [0.25, 0.3) is 0 Å². The summed E-state index contributed by atoms with van der Waals surface area (Å²) in [5.41, 5.74) is 1.47. The van der Waals surface area contributed by atoms with Crippen LogP contribution >= 0.6 is 0 Å². The number of carbonyl (C=O) groups excluding carboxylic acids is 1. The molecule has 0 radical (unpaired) electrons. The number of aliphatic hydroxyl groups is 3. The summed E-state index contributed by atoms with van der Waals surface area (Å²) in [5.74, 6) is 1.68. The van der Waals surface area contributed by atoms with Gasteiger partial charge < -0.3 is 20.6 Å². The molecule has 4 N–H and O–H groups in total. The molecule has 0 aromatic rings. The molecule has 0 aromatic carbocycles. The van der Waals surface area contributed by atoms with E-state index >= 15 is 0 Å². The van der Waals surface area contributed by atoms with Crippen LogP contribution in [0, 0.1) is 23.7 Å². The number of amides is 1. The van der Waals surface area contributed by atoms with Crippen molar-refractivity contribution in [1.29, 1.82) is 0 Å². The quantitative estimate of drug-likeness (QED) is 0.332. The van der Waals surface area contributed by atoms with Crippen molar-refractivity contribution in [3.05, 3.63) is 23.8 Å². The van der Waals surface area contributed by atoms with Crippen LogP contribution in [0.1, 0.15) is 70.6 Å². The number of fused-ring (bicyclic) bond motifs is 1. The second kappa shape index (κ2) is 11.3. The lowest BCUT2D eigenvalue weighted by Gasteiger charge is -2.19. The van der Waals surface area contributed by atoms with E-state index in [4.69, 9.17) is 5.11 Å². The van der Waals surface area contributed by atoms with Crippen molar-refractivity contribution in [3.8, 4) is 0 Å². The smallest absolute Gasteiger partial charge is 0.220 e. The number of rotatable bonds is 10. The Morgan fingerprint density at radius 2 is 2.00 bits per heavy atom. The maximum Gasteiger partial charge on any atom is 0.220 e. The number of nitrogens with one attached hydrogen (secondary N) is 1. The van der Waals surface area contributed by atoms with Crippen LogP contribution < -0.4 is 5.32 Å². The Morgan fingerprint density at radius 1 is 1.21 bits per heavy atom. The number of carbonyl (C=O) groups is 1. The molecule has 0 saturated heterocycles. The first-order valence-corrected chi connectivity index (χ1v) is 11.7. The van der Waals surface area contributed by atoms with E-state index in [2.05, 4.69) is 17.5 Å². The van der Waals surface area contributed by atoms with E-state index in [1.807, 2.05) is 6.08 Å². The lowest BCUT2D eigenvalue weighted by atomic mass is 9.89. The third-order valence-corrected chi connectivity index (χ3v) is 7.22. The maximum absolute atomic E-state index is 11.7. The maximum atomic E-state index is 11.7. The van der Waals surface area contributed by atoms with Crippen molar-refractivity contribution in [3.63, 3.8) is 0 Å². The van der Waals surface area contributed by atoms with Gasteiger partial charge in [-0.1, -0.05) is 36.6 Å². The fourth-order valence-electron chi connectivity index (χ4n) is 5.60. The fourth-order valence-corrected chi connectivity index (χ4v) is 5.60. The molecule has 1 amide bonds. The van der Waals surface area contributed by atoms with E-state index in [9.17, 15) is 15.0 Å². The summed E-state index contributed by atoms with van der Waals surface area (Å²) in [6.07, 6.45) is 16.3. The molecular formula is C24H39NO4. The molecule has 164 valence electrons. The SMILES string of the molecule is O=C(CCC/C=C1\CC2C[C@H](O)[C@H](/C=C/[C@@H](O)C3CCCC3)[C@H]2C1)NCCCO. The van der Waals surface area contributed by atoms with Gasteiger partial charge in [-0.2, -0.15) is 0 Å². The van der Waals surface area contributed by atoms with Crippen molar-refractivity contribution < 1.29 is 20.1 Å². The lowest BCUT2D eigenvalue weighted by molar-refractivity contribution is -0.121. The van der Waals surface area contributed by atoms with Crippen LogP contribution in [-0.2, 0) is 4.79 Å². The standard InChI is InChI=1S/C24H39NO4/c26-13-5-12-25-24(29)9-4-1-6-17-14-19-16-23(28)20(21(19)15-17)10-11-22(27)18-7-2-3-8-18/h6,10-11,18-23,26-28H,1-5,7-9,12-16H2,(H,25,29)/b11-10+,17-6+/t19?,20-,21+,22-,23+/m1/s1. The van der Waals surface area contributed by atoms with Crippen molar-refractivity contribution in [2.24, 2.45) is 23.7 Å². The second-order valence-electron chi connectivity index (χ2n) is 9.31. The zero-order valence-corrected chi connectivity index (χ0v) is 17.6. The molecule has 3 fully saturated rings. The summed E-state index contributed by atoms with van der Waals surface area (Å²) in [6.45, 7) is 0.658. The minimum atomic E-state index is -0.358. The largest absolute Gasteiger partial charge is 0.396 e. The highest BCUT2D eigenvalue weighted by atomic mass is 16.3. The molecule has 29 heavy (non-hydrogen) atoms. The first-order chi connectivity index (χ1) is 14.1. The second-order valence-corrected chi connectivity index (χ2v) is 9.31. The van der Waals surface area contributed by atoms with Crippen molar-refractivity contribution in [1.82, 2.24) is 5.32 Å². The monoisotopic (exact) mass is 405 g/mol. The normalized spacial score (nSPS) is 32.3. The predicted molar refractivity (Wildman–Crippen MR) is 114 cm³/mol. The summed E-state index contributed by atoms with van der Waals surface area (Å²) < 4.78 is 0. The van der Waals surface area contributed by atoms with Gasteiger partial charge in [0.15, 0.2) is 0 Å². The number of hydrogen-bond donors (Lipinski definition) is 4. The van der Waals surface area contributed by atoms with Gasteiger partial charge in [-0.25, -0.2) is 0 Å². The van der Waals surface area contributed by atoms with Crippen LogP contribution in [0.15, 0.2) is 23.8 Å². The van der Waals surface area contributed by atoms with Crippen molar-refractivity contribution in [2.45, 2.75) is 82.8 Å². The Hall–Kier alpha value is -1.17. The summed E-state index contributed by atoms with van der Waals surface area (Å²) >= 11 is 0. The highest BCUT2D eigenvalue weighted by Crippen LogP contribution is 2.50. The van der Waals surface area contributed by atoms with Crippen LogP contribution in [0.4, 0.5) is 0 Å². The molecular weight excluding hydrogens is 366 g/mol. The van der Waals surface area contributed by atoms with Gasteiger partial charge in [0.1, 0.15) is 0 Å². The molecule has 1 unspecified atom stereocenters. The average molecular weight is 406 g/mol. The Balaban J connectivity index is 1.42. The van der Waals surface area contributed by atoms with Crippen LogP contribution in [0.2, 0.25) is 0 Å². The summed E-state index contributed by atoms with van der Waals surface area (Å²) in [5, 5.41) is 32.5. The molecule has 3 aliphatic carbocycles. The minimum Gasteiger partial charge on any atom is -0.396 e. The zero-order chi connectivity index (χ0) is 20.6. The highest BCUT2D eigenvalue weighted by molar-refractivity contribution is 5.75. The molecule has 0 aliphatic heterocycles. The average Bonchev–Trinajstić information content (AvgIpc) is 3.41. The zero-order valence-electron chi connectivity index (χ0n) is 17.6. The molecule has 3 saturated carbocycles. The summed E-state index contributed by atoms with van der Waals surface area (Å²) in [6, 6.07) is 0. The molecule has 0 aromatic heterocycles. The van der Waals surface area contributed by atoms with Gasteiger partial charge in [0, 0.05) is 25.5 Å². The number of aliphatic hydroxyl groups excluding tert-OH is 3. The number of allylic oxidation sites excluding steroid dienone is 2. The molecule has 5 heteroatoms. The minimum absolute atomic E-state index is 0.0642. The Bertz CT molecular complexity index is 581. The van der Waals surface area contributed by atoms with E-state index in [1.165, 1.54) is 18.4 Å². The van der Waals surface area contributed by atoms with Crippen LogP contribution in [0.25, 0.3) is 0 Å². The highest BCUT2D eigenvalue weighted by Gasteiger charge is 2.45. The summed E-state index contributed by atoms with van der Waals surface area (Å²) in [7, 11) is 0. The Kier molecular flexibility index (Phi) is 8.76. The van der Waals surface area contributed by atoms with Crippen LogP contribution in [0.5, 0.6) is 0 Å². The van der Waals surface area contributed by atoms with E-state index in [-0.39, 0.29) is 30.6 Å². The molecule has 0 spiro atoms. The third kappa shape index (κ3) is 6.40. The van der Waals surface area contributed by atoms with Crippen LogP contribution in [0.3, 0.4) is 0 Å². The molecule has 3 aliphatic rings. The van der Waals surface area contributed by atoms with Gasteiger partial charge in [-0.15, -0.1) is 0 Å². The molecule has 0 heterocycles. The van der Waals surface area contributed by atoms with Gasteiger partial charge in [0.05, 0.1) is 12.2 Å². The molecule has 0 bridgehead atoms. The number of hydrogen-bond acceptors (Lipinski definition) is 4. The fraction of sp³-hybridized carbons (Fsp3) is 0.792. The lowest BCUT2D eigenvalue weighted by Crippen LogP contribution is -2.24. The van der Waals surface area contributed by atoms with Crippen LogP contribution in [-0.4, -0.2) is 46.6 Å². The first kappa shape index (κ1) is 22.5. The van der Waals surface area contributed by atoms with E-state index < -0.39 is 0 Å². The van der Waals surface area contributed by atoms with Gasteiger partial charge in [-0.05, 0) is 69.1 Å². The Morgan fingerprint density at radius 3 is 2.76 bits per heavy atom. The third-order valence-electron chi connectivity index (χ3n) is 7.22. The van der Waals surface area contributed by atoms with E-state index in [0.29, 0.717) is 37.1 Å². The molecule has 3 rings (SSSR count).